The van der Waals surface area contributed by atoms with Crippen LogP contribution < -0.4 is 9.47 Å². The van der Waals surface area contributed by atoms with Gasteiger partial charge in [-0.1, -0.05) is 30.8 Å². The average molecular weight is 827 g/mol. The number of esters is 2. The summed E-state index contributed by atoms with van der Waals surface area (Å²) in [6, 6.07) is 8.33. The molecule has 2 aromatic rings. The second kappa shape index (κ2) is 12.9. The molecule has 2 saturated carbocycles. The van der Waals surface area contributed by atoms with Gasteiger partial charge in [0.1, 0.15) is 40.9 Å². The molecule has 11 heteroatoms. The minimum Gasteiger partial charge on any atom is -0.484 e. The van der Waals surface area contributed by atoms with Crippen molar-refractivity contribution >= 4 is 17.7 Å². The van der Waals surface area contributed by atoms with E-state index in [4.69, 9.17) is 18.9 Å². The maximum absolute atomic E-state index is 12.9. The average Bonchev–Trinajstić information content (AvgIpc) is 3.73. The minimum atomic E-state index is -1.06. The summed E-state index contributed by atoms with van der Waals surface area (Å²) in [5.74, 6) is 1.44. The van der Waals surface area contributed by atoms with Gasteiger partial charge in [-0.3, -0.25) is 23.3 Å². The maximum Gasteiger partial charge on any atom is 0.315 e. The van der Waals surface area contributed by atoms with E-state index in [1.165, 1.54) is 11.1 Å². The van der Waals surface area contributed by atoms with Gasteiger partial charge in [-0.05, 0) is 102 Å². The molecule has 0 amide bonds. The first-order valence-corrected chi connectivity index (χ1v) is 22.2. The van der Waals surface area contributed by atoms with Crippen LogP contribution in [0.2, 0.25) is 0 Å². The molecule has 8 aliphatic rings. The van der Waals surface area contributed by atoms with E-state index in [0.29, 0.717) is 47.8 Å². The first-order valence-electron chi connectivity index (χ1n) is 22.2. The number of aliphatic hydroxyl groups is 2. The van der Waals surface area contributed by atoms with Crippen molar-refractivity contribution in [1.29, 1.82) is 0 Å². The number of likely N-dealkylation sites (N-methyl/N-ethyl adjacent to an activating group) is 2. The Balaban J connectivity index is 0.000000154. The summed E-state index contributed by atoms with van der Waals surface area (Å²) in [5, 5.41) is 24.7. The Morgan fingerprint density at radius 1 is 0.717 bits per heavy atom. The third-order valence-corrected chi connectivity index (χ3v) is 16.6. The van der Waals surface area contributed by atoms with Crippen LogP contribution in [0.15, 0.2) is 36.4 Å². The van der Waals surface area contributed by atoms with Gasteiger partial charge in [0.05, 0.1) is 48.8 Å². The van der Waals surface area contributed by atoms with Crippen molar-refractivity contribution in [3.63, 3.8) is 0 Å². The van der Waals surface area contributed by atoms with E-state index in [2.05, 4.69) is 51.9 Å². The summed E-state index contributed by atoms with van der Waals surface area (Å²) >= 11 is 0. The highest BCUT2D eigenvalue weighted by atomic mass is 16.6. The fourth-order valence-electron chi connectivity index (χ4n) is 13.2. The minimum absolute atomic E-state index is 0.0422. The quantitative estimate of drug-likeness (QED) is 0.223. The van der Waals surface area contributed by atoms with E-state index in [1.54, 1.807) is 0 Å². The Hall–Kier alpha value is -3.77. The molecule has 11 nitrogen and oxygen atoms in total. The normalized spacial score (nSPS) is 38.7. The van der Waals surface area contributed by atoms with Gasteiger partial charge in [0.25, 0.3) is 0 Å². The number of carbonyl (C=O) groups is 3. The van der Waals surface area contributed by atoms with E-state index >= 15 is 0 Å². The molecule has 4 heterocycles. The molecule has 2 aromatic carbocycles. The largest absolute Gasteiger partial charge is 0.484 e. The smallest absolute Gasteiger partial charge is 0.315 e. The molecule has 4 aliphatic heterocycles. The Morgan fingerprint density at radius 2 is 1.13 bits per heavy atom. The summed E-state index contributed by atoms with van der Waals surface area (Å²) < 4.78 is 25.4. The zero-order valence-electron chi connectivity index (χ0n) is 37.5. The van der Waals surface area contributed by atoms with Crippen LogP contribution >= 0.6 is 0 Å². The van der Waals surface area contributed by atoms with Crippen LogP contribution in [0.1, 0.15) is 113 Å². The number of Topliss-reactive ketones (excluding diaryl/α,β-unsaturated/α-hetero) is 1. The molecular weight excluding hydrogens is 761 g/mol. The zero-order valence-corrected chi connectivity index (χ0v) is 37.5. The Kier molecular flexibility index (Phi) is 8.94. The van der Waals surface area contributed by atoms with E-state index in [1.807, 2.05) is 48.5 Å². The van der Waals surface area contributed by atoms with Gasteiger partial charge in [-0.15, -0.1) is 0 Å². The third kappa shape index (κ3) is 5.30. The molecule has 2 spiro atoms. The Bertz CT molecular complexity index is 2080. The molecule has 2 N–H and O–H groups in total. The highest BCUT2D eigenvalue weighted by Gasteiger charge is 2.77. The van der Waals surface area contributed by atoms with Gasteiger partial charge in [-0.25, -0.2) is 0 Å². The number of rotatable bonds is 4. The number of nitrogens with zero attached hydrogens (tertiary/aromatic N) is 2. The molecule has 324 valence electrons. The van der Waals surface area contributed by atoms with Crippen molar-refractivity contribution in [3.05, 3.63) is 69.8 Å². The van der Waals surface area contributed by atoms with E-state index < -0.39 is 39.0 Å². The number of quaternary nitrogens is 2. The van der Waals surface area contributed by atoms with Crippen molar-refractivity contribution in [1.82, 2.24) is 0 Å². The summed E-state index contributed by atoms with van der Waals surface area (Å²) in [7, 11) is 4.21. The number of benzene rings is 2. The van der Waals surface area contributed by atoms with Crippen molar-refractivity contribution < 1.29 is 52.5 Å². The summed E-state index contributed by atoms with van der Waals surface area (Å²) in [5.41, 5.74) is 3.79. The van der Waals surface area contributed by atoms with Crippen LogP contribution in [0.25, 0.3) is 0 Å². The van der Waals surface area contributed by atoms with Crippen LogP contribution in [-0.4, -0.2) is 113 Å². The van der Waals surface area contributed by atoms with Crippen LogP contribution in [-0.2, 0) is 47.5 Å². The van der Waals surface area contributed by atoms with Gasteiger partial charge in [0.2, 0.25) is 13.5 Å². The van der Waals surface area contributed by atoms with Crippen LogP contribution in [0.3, 0.4) is 0 Å². The van der Waals surface area contributed by atoms with Gasteiger partial charge < -0.3 is 29.2 Å². The number of carbonyl (C=O) groups excluding carboxylic acids is 3. The van der Waals surface area contributed by atoms with E-state index in [0.717, 1.165) is 71.7 Å². The van der Waals surface area contributed by atoms with Gasteiger partial charge in [0.15, 0.2) is 11.9 Å². The molecular formula is C49H66N2O9+2. The molecule has 10 atom stereocenters. The summed E-state index contributed by atoms with van der Waals surface area (Å²) in [6.07, 6.45) is 4.34. The number of piperidine rings is 2. The molecule has 10 rings (SSSR count). The van der Waals surface area contributed by atoms with Crippen LogP contribution in [0.4, 0.5) is 0 Å². The van der Waals surface area contributed by atoms with Gasteiger partial charge in [0, 0.05) is 43.2 Å². The maximum atomic E-state index is 12.9. The first-order chi connectivity index (χ1) is 27.9. The lowest BCUT2D eigenvalue weighted by atomic mass is 9.48. The molecule has 4 bridgehead atoms. The predicted molar refractivity (Wildman–Crippen MR) is 224 cm³/mol. The second-order valence-electron chi connectivity index (χ2n) is 22.4. The van der Waals surface area contributed by atoms with Crippen LogP contribution in [0, 0.1) is 24.7 Å². The van der Waals surface area contributed by atoms with Gasteiger partial charge >= 0.3 is 11.9 Å². The lowest BCUT2D eigenvalue weighted by Gasteiger charge is -2.64. The molecule has 4 aliphatic carbocycles. The number of hydrogen-bond donors (Lipinski definition) is 2. The predicted octanol–water partition coefficient (Wildman–Crippen LogP) is 5.81. The zero-order chi connectivity index (χ0) is 43.4. The first kappa shape index (κ1) is 41.6. The fraction of sp³-hybridized carbons (Fsp3) is 0.653. The third-order valence-electron chi connectivity index (χ3n) is 16.6. The molecule has 2 saturated heterocycles. The summed E-state index contributed by atoms with van der Waals surface area (Å²) in [6.45, 7) is 21.7. The van der Waals surface area contributed by atoms with Crippen molar-refractivity contribution in [3.8, 4) is 11.5 Å². The monoisotopic (exact) mass is 826 g/mol. The van der Waals surface area contributed by atoms with E-state index in [-0.39, 0.29) is 42.6 Å². The van der Waals surface area contributed by atoms with Crippen molar-refractivity contribution in [2.24, 2.45) is 10.8 Å². The molecule has 60 heavy (non-hydrogen) atoms. The number of likely N-dealkylation sites (tertiary alicyclic amines) is 2. The topological polar surface area (TPSA) is 129 Å². The highest BCUT2D eigenvalue weighted by molar-refractivity contribution is 5.89. The Morgan fingerprint density at radius 3 is 1.58 bits per heavy atom. The lowest BCUT2D eigenvalue weighted by Crippen LogP contribution is -2.81. The Labute approximate surface area is 355 Å². The molecule has 0 aromatic heterocycles. The molecule has 2 unspecified atom stereocenters. The van der Waals surface area contributed by atoms with Crippen molar-refractivity contribution in [2.75, 3.05) is 40.6 Å². The number of ether oxygens (including phenoxy) is 4. The number of aryl methyl sites for hydroxylation is 2. The van der Waals surface area contributed by atoms with Gasteiger partial charge in [-0.2, -0.15) is 0 Å². The SMILES string of the molecule is C=C1CC[C@@]2(O)C3Cc4ccc(C)c5c4[C@@]2(CC[N@+]3(C)COC(=O)C(C)(C)C)[C@H]1O5.Cc1ccc2c3c1O[C@H]1C(=O)CC[C@@]4(O)C(C2)[N@+](C)(COC(=O)C(C)(C)C)CC[C@]314. The number of ketones is 1. The van der Waals surface area contributed by atoms with E-state index in [9.17, 15) is 24.6 Å². The second-order valence-corrected chi connectivity index (χ2v) is 22.4. The number of hydrogen-bond acceptors (Lipinski definition) is 9. The van der Waals surface area contributed by atoms with Crippen molar-refractivity contribution in [2.45, 2.75) is 153 Å². The standard InChI is InChI=1S/C25H34NO4.C24H32NO5/c1-15-7-8-17-13-18-25(28)10-9-16(2)21-24(25,19(17)20(15)30-21)11-12-26(18,6)14-29-22(27)23(3,4)5;1-14-6-7-15-12-17-24(28)9-8-16(26)20-23(24,18(15)19(14)30-20)10-11-25(17,5)13-29-21(27)22(2,3)4/h7-8,18,21,28H,2,9-14H2,1,3-6H3;6-7,17,20,28H,8-13H2,1-5H3/q2*+1/t18?,21-,24-,25+,26+;17?,20-,23-,24+,25-/m00/s1. The fourth-order valence-corrected chi connectivity index (χ4v) is 13.2. The molecule has 0 radical (unpaired) electrons. The lowest BCUT2D eigenvalue weighted by molar-refractivity contribution is -0.963. The van der Waals surface area contributed by atoms with Crippen LogP contribution in [0.5, 0.6) is 11.5 Å². The summed E-state index contributed by atoms with van der Waals surface area (Å²) in [4.78, 5) is 37.9. The highest BCUT2D eigenvalue weighted by Crippen LogP contribution is 2.67. The molecule has 4 fully saturated rings.